The van der Waals surface area contributed by atoms with Crippen LogP contribution in [0.3, 0.4) is 0 Å². The lowest BCUT2D eigenvalue weighted by Crippen LogP contribution is -2.36. The van der Waals surface area contributed by atoms with Crippen LogP contribution in [0.25, 0.3) is 0 Å². The number of rotatable bonds is 3. The number of Topliss-reactive ketones (excluding diaryl/α,β-unsaturated/α-hetero) is 1. The Morgan fingerprint density at radius 3 is 2.16 bits per heavy atom. The number of nitrogens with zero attached hydrogens (tertiary/aromatic N) is 1. The molecule has 19 heavy (non-hydrogen) atoms. The van der Waals surface area contributed by atoms with Crippen LogP contribution in [0, 0.1) is 18.8 Å². The number of imide groups is 1. The van der Waals surface area contributed by atoms with Gasteiger partial charge >= 0.3 is 0 Å². The van der Waals surface area contributed by atoms with Crippen LogP contribution < -0.4 is 0 Å². The Bertz CT molecular complexity index is 530. The minimum atomic E-state index is -0.336. The highest BCUT2D eigenvalue weighted by Crippen LogP contribution is 2.25. The van der Waals surface area contributed by atoms with E-state index in [0.717, 1.165) is 10.5 Å². The Kier molecular flexibility index (Phi) is 3.51. The maximum absolute atomic E-state index is 12.2. The molecule has 0 bridgehead atoms. The molecule has 0 saturated carbocycles. The van der Waals surface area contributed by atoms with Crippen molar-refractivity contribution in [3.8, 4) is 0 Å². The number of carbonyl (C=O) groups is 3. The minimum absolute atomic E-state index is 0.156. The molecular formula is C15H17NO3. The zero-order valence-corrected chi connectivity index (χ0v) is 11.3. The Balaban J connectivity index is 2.19. The molecule has 0 aromatic heterocycles. The van der Waals surface area contributed by atoms with E-state index in [1.807, 2.05) is 19.1 Å². The van der Waals surface area contributed by atoms with Crippen LogP contribution in [0.5, 0.6) is 0 Å². The van der Waals surface area contributed by atoms with Crippen molar-refractivity contribution in [3.05, 3.63) is 35.4 Å². The number of amides is 2. The summed E-state index contributed by atoms with van der Waals surface area (Å²) >= 11 is 0. The van der Waals surface area contributed by atoms with Crippen LogP contribution in [-0.2, 0) is 9.59 Å². The van der Waals surface area contributed by atoms with Gasteiger partial charge in [0.2, 0.25) is 11.8 Å². The van der Waals surface area contributed by atoms with E-state index in [1.165, 1.54) is 0 Å². The first-order valence-electron chi connectivity index (χ1n) is 6.37. The highest BCUT2D eigenvalue weighted by molar-refractivity contribution is 6.09. The fourth-order valence-corrected chi connectivity index (χ4v) is 2.30. The zero-order valence-electron chi connectivity index (χ0n) is 11.3. The topological polar surface area (TPSA) is 54.5 Å². The summed E-state index contributed by atoms with van der Waals surface area (Å²) in [5.41, 5.74) is 1.42. The Labute approximate surface area is 112 Å². The average Bonchev–Trinajstić information content (AvgIpc) is 2.57. The van der Waals surface area contributed by atoms with E-state index in [0.29, 0.717) is 5.56 Å². The highest BCUT2D eigenvalue weighted by atomic mass is 16.2. The third-order valence-electron chi connectivity index (χ3n) is 3.81. The summed E-state index contributed by atoms with van der Waals surface area (Å²) < 4.78 is 0. The average molecular weight is 259 g/mol. The van der Waals surface area contributed by atoms with Crippen LogP contribution >= 0.6 is 0 Å². The number of ketones is 1. The van der Waals surface area contributed by atoms with Gasteiger partial charge in [-0.2, -0.15) is 0 Å². The first-order chi connectivity index (χ1) is 8.93. The molecule has 1 heterocycles. The molecule has 1 aromatic rings. The van der Waals surface area contributed by atoms with Crippen molar-refractivity contribution < 1.29 is 14.4 Å². The summed E-state index contributed by atoms with van der Waals surface area (Å²) in [5, 5.41) is 0. The molecule has 1 fully saturated rings. The summed E-state index contributed by atoms with van der Waals surface area (Å²) in [6, 6.07) is 7.18. The SMILES string of the molecule is Cc1ccccc1C(=O)CN1C(=O)C(C)C(C)C1=O. The van der Waals surface area contributed by atoms with E-state index in [4.69, 9.17) is 0 Å². The van der Waals surface area contributed by atoms with Gasteiger partial charge in [-0.05, 0) is 12.5 Å². The third kappa shape index (κ3) is 2.30. The van der Waals surface area contributed by atoms with E-state index in [1.54, 1.807) is 26.0 Å². The zero-order chi connectivity index (χ0) is 14.2. The number of hydrogen-bond acceptors (Lipinski definition) is 3. The molecule has 4 nitrogen and oxygen atoms in total. The molecule has 1 aliphatic heterocycles. The molecule has 0 N–H and O–H groups in total. The van der Waals surface area contributed by atoms with E-state index in [-0.39, 0.29) is 36.0 Å². The van der Waals surface area contributed by atoms with Crippen molar-refractivity contribution >= 4 is 17.6 Å². The molecule has 2 atom stereocenters. The fourth-order valence-electron chi connectivity index (χ4n) is 2.30. The van der Waals surface area contributed by atoms with Gasteiger partial charge in [-0.1, -0.05) is 38.1 Å². The second-order valence-corrected chi connectivity index (χ2v) is 5.08. The second kappa shape index (κ2) is 4.96. The maximum Gasteiger partial charge on any atom is 0.233 e. The number of benzene rings is 1. The smallest absolute Gasteiger partial charge is 0.233 e. The monoisotopic (exact) mass is 259 g/mol. The summed E-state index contributed by atoms with van der Waals surface area (Å²) in [5.74, 6) is -1.37. The Morgan fingerprint density at radius 2 is 1.63 bits per heavy atom. The highest BCUT2D eigenvalue weighted by Gasteiger charge is 2.42. The minimum Gasteiger partial charge on any atom is -0.292 e. The summed E-state index contributed by atoms with van der Waals surface area (Å²) in [4.78, 5) is 37.1. The molecule has 2 amide bonds. The molecule has 4 heteroatoms. The van der Waals surface area contributed by atoms with Crippen LogP contribution in [0.1, 0.15) is 29.8 Å². The van der Waals surface area contributed by atoms with Crippen LogP contribution in [0.2, 0.25) is 0 Å². The van der Waals surface area contributed by atoms with E-state index in [2.05, 4.69) is 0 Å². The lowest BCUT2D eigenvalue weighted by atomic mass is 10.00. The van der Waals surface area contributed by atoms with Gasteiger partial charge in [0, 0.05) is 17.4 Å². The molecule has 0 aliphatic carbocycles. The predicted molar refractivity (Wildman–Crippen MR) is 70.6 cm³/mol. The number of hydrogen-bond donors (Lipinski definition) is 0. The number of likely N-dealkylation sites (tertiary alicyclic amines) is 1. The molecule has 1 aromatic carbocycles. The largest absolute Gasteiger partial charge is 0.292 e. The maximum atomic E-state index is 12.2. The predicted octanol–water partition coefficient (Wildman–Crippen LogP) is 1.82. The van der Waals surface area contributed by atoms with Crippen molar-refractivity contribution in [3.63, 3.8) is 0 Å². The lowest BCUT2D eigenvalue weighted by molar-refractivity contribution is -0.139. The van der Waals surface area contributed by atoms with E-state index >= 15 is 0 Å². The van der Waals surface area contributed by atoms with Crippen molar-refractivity contribution in [1.82, 2.24) is 4.90 Å². The van der Waals surface area contributed by atoms with Crippen molar-refractivity contribution in [1.29, 1.82) is 0 Å². The van der Waals surface area contributed by atoms with Gasteiger partial charge in [-0.25, -0.2) is 0 Å². The van der Waals surface area contributed by atoms with E-state index < -0.39 is 0 Å². The van der Waals surface area contributed by atoms with Gasteiger partial charge in [-0.3, -0.25) is 19.3 Å². The molecule has 0 spiro atoms. The summed E-state index contributed by atoms with van der Waals surface area (Å²) in [7, 11) is 0. The standard InChI is InChI=1S/C15H17NO3/c1-9-6-4-5-7-12(9)13(17)8-16-14(18)10(2)11(3)15(16)19/h4-7,10-11H,8H2,1-3H3. The van der Waals surface area contributed by atoms with Crippen LogP contribution in [-0.4, -0.2) is 29.0 Å². The van der Waals surface area contributed by atoms with Crippen LogP contribution in [0.4, 0.5) is 0 Å². The molecule has 2 unspecified atom stereocenters. The van der Waals surface area contributed by atoms with Crippen molar-refractivity contribution in [2.45, 2.75) is 20.8 Å². The molecule has 1 aliphatic rings. The summed E-state index contributed by atoms with van der Waals surface area (Å²) in [6.45, 7) is 5.13. The lowest BCUT2D eigenvalue weighted by Gasteiger charge is -2.14. The molecule has 1 saturated heterocycles. The van der Waals surface area contributed by atoms with Crippen molar-refractivity contribution in [2.24, 2.45) is 11.8 Å². The first-order valence-corrected chi connectivity index (χ1v) is 6.37. The van der Waals surface area contributed by atoms with Gasteiger partial charge in [-0.15, -0.1) is 0 Å². The second-order valence-electron chi connectivity index (χ2n) is 5.08. The first kappa shape index (κ1) is 13.5. The number of carbonyl (C=O) groups excluding carboxylic acids is 3. The van der Waals surface area contributed by atoms with E-state index in [9.17, 15) is 14.4 Å². The van der Waals surface area contributed by atoms with Crippen molar-refractivity contribution in [2.75, 3.05) is 6.54 Å². The van der Waals surface area contributed by atoms with Gasteiger partial charge in [0.1, 0.15) is 0 Å². The van der Waals surface area contributed by atoms with Gasteiger partial charge in [0.05, 0.1) is 6.54 Å². The van der Waals surface area contributed by atoms with Gasteiger partial charge in [0.25, 0.3) is 0 Å². The normalized spacial score (nSPS) is 23.0. The molecule has 2 rings (SSSR count). The molecule has 0 radical (unpaired) electrons. The number of aryl methyl sites for hydroxylation is 1. The third-order valence-corrected chi connectivity index (χ3v) is 3.81. The van der Waals surface area contributed by atoms with Gasteiger partial charge < -0.3 is 0 Å². The Morgan fingerprint density at radius 1 is 1.11 bits per heavy atom. The summed E-state index contributed by atoms with van der Waals surface area (Å²) in [6.07, 6.45) is 0. The molecular weight excluding hydrogens is 242 g/mol. The molecule has 100 valence electrons. The quantitative estimate of drug-likeness (QED) is 0.614. The fraction of sp³-hybridized carbons (Fsp3) is 0.400. The van der Waals surface area contributed by atoms with Crippen LogP contribution in [0.15, 0.2) is 24.3 Å². The van der Waals surface area contributed by atoms with Gasteiger partial charge in [0.15, 0.2) is 5.78 Å². The Hall–Kier alpha value is -1.97.